The molecule has 0 aliphatic rings. The first-order valence-electron chi connectivity index (χ1n) is 1.46. The fourth-order valence-corrected chi connectivity index (χ4v) is 0. The van der Waals surface area contributed by atoms with E-state index in [0.29, 0.717) is 0 Å². The molecule has 0 saturated carbocycles. The molecule has 0 fully saturated rings. The van der Waals surface area contributed by atoms with E-state index in [-0.39, 0.29) is 43.4 Å². The van der Waals surface area contributed by atoms with E-state index in [1.54, 1.807) is 0 Å². The maximum Gasteiger partial charge on any atom is 4.00 e. The van der Waals surface area contributed by atoms with E-state index in [1.807, 2.05) is 0 Å². The van der Waals surface area contributed by atoms with Crippen molar-refractivity contribution in [2.24, 2.45) is 0 Å². The van der Waals surface area contributed by atoms with E-state index in [4.69, 9.17) is 38.5 Å². The van der Waals surface area contributed by atoms with Gasteiger partial charge in [-0.3, -0.25) is 0 Å². The first-order valence-corrected chi connectivity index (χ1v) is 4.38. The van der Waals surface area contributed by atoms with Gasteiger partial charge in [0.2, 0.25) is 0 Å². The number of hydrogen-bond donors (Lipinski definition) is 0. The number of phosphoric acid groups is 2. The Morgan fingerprint density at radius 2 is 0.667 bits per heavy atom. The molecule has 0 heterocycles. The molecule has 12 heavy (non-hydrogen) atoms. The van der Waals surface area contributed by atoms with Gasteiger partial charge in [-0.05, 0) is 0 Å². The second-order valence-corrected chi connectivity index (χ2v) is 2.68. The Balaban J connectivity index is -0.0000000457. The molecule has 0 aliphatic carbocycles. The van der Waals surface area contributed by atoms with Crippen LogP contribution in [0.1, 0.15) is 0 Å². The summed E-state index contributed by atoms with van der Waals surface area (Å²) in [6.45, 7) is 0. The molecule has 0 rings (SSSR count). The second kappa shape index (κ2) is 9.21. The van der Waals surface area contributed by atoms with E-state index < -0.39 is 15.6 Å². The minimum absolute atomic E-state index is 0. The van der Waals surface area contributed by atoms with Gasteiger partial charge in [-0.25, -0.2) is 0 Å². The van der Waals surface area contributed by atoms with Crippen LogP contribution in [0.5, 0.6) is 0 Å². The normalized spacial score (nSPS) is 9.83. The van der Waals surface area contributed by atoms with E-state index >= 15 is 0 Å². The summed E-state index contributed by atoms with van der Waals surface area (Å²) < 4.78 is 17.1. The first-order chi connectivity index (χ1) is 4.00. The molecule has 0 unspecified atom stereocenters. The first kappa shape index (κ1) is 23.5. The van der Waals surface area contributed by atoms with Crippen LogP contribution in [-0.4, -0.2) is 23.9 Å². The summed E-state index contributed by atoms with van der Waals surface area (Å²) in [6.07, 6.45) is 0. The molecule has 8 nitrogen and oxygen atoms in total. The average Bonchev–Trinajstić information content (AvgIpc) is 1.12. The minimum Gasteiger partial charge on any atom is -0.822 e. The van der Waals surface area contributed by atoms with Crippen molar-refractivity contribution >= 4 is 39.6 Å². The topological polar surface area (TPSA) is 172 Å². The van der Waals surface area contributed by atoms with Crippen molar-refractivity contribution < 1.29 is 58.0 Å². The smallest absolute Gasteiger partial charge is 0.822 e. The average molecular weight is 374 g/mol. The van der Waals surface area contributed by atoms with Crippen molar-refractivity contribution in [3.8, 4) is 0 Å². The molecule has 0 atom stereocenters. The zero-order valence-corrected chi connectivity index (χ0v) is 13.0. The molecular formula is O8P2SnZn. The largest absolute Gasteiger partial charge is 4.00 e. The van der Waals surface area contributed by atoms with Crippen LogP contribution in [0.3, 0.4) is 0 Å². The van der Waals surface area contributed by atoms with Crippen molar-refractivity contribution in [1.82, 2.24) is 0 Å². The molecule has 0 radical (unpaired) electrons. The van der Waals surface area contributed by atoms with Crippen LogP contribution in [0.15, 0.2) is 0 Å². The number of rotatable bonds is 0. The van der Waals surface area contributed by atoms with Gasteiger partial charge in [0, 0.05) is 0 Å². The molecular weight excluding hydrogens is 374 g/mol. The Labute approximate surface area is 97.2 Å². The molecule has 0 aliphatic heterocycles. The van der Waals surface area contributed by atoms with Crippen LogP contribution >= 0.6 is 15.6 Å². The minimum atomic E-state index is -5.39. The van der Waals surface area contributed by atoms with Gasteiger partial charge in [0.05, 0.1) is 0 Å². The Morgan fingerprint density at radius 3 is 0.667 bits per heavy atom. The van der Waals surface area contributed by atoms with Gasteiger partial charge in [-0.15, -0.1) is 0 Å². The zero-order chi connectivity index (χ0) is 9.00. The van der Waals surface area contributed by atoms with Crippen LogP contribution in [0.2, 0.25) is 0 Å². The van der Waals surface area contributed by atoms with E-state index in [2.05, 4.69) is 0 Å². The van der Waals surface area contributed by atoms with Gasteiger partial charge in [-0.2, -0.15) is 15.6 Å². The van der Waals surface area contributed by atoms with E-state index in [9.17, 15) is 0 Å². The van der Waals surface area contributed by atoms with Crippen molar-refractivity contribution in [3.63, 3.8) is 0 Å². The van der Waals surface area contributed by atoms with Crippen molar-refractivity contribution in [2.45, 2.75) is 0 Å². The third kappa shape index (κ3) is 489. The van der Waals surface area contributed by atoms with Gasteiger partial charge in [0.1, 0.15) is 0 Å². The standard InChI is InChI=1S/2H3O4P.Sn.Zn/c2*1-5(2,3)4;;/h2*(H3,1,2,3,4);;/q;;+4;+2/p-6. The molecule has 0 saturated heterocycles. The summed E-state index contributed by atoms with van der Waals surface area (Å²) in [5.41, 5.74) is 0. The Morgan fingerprint density at radius 1 is 0.667 bits per heavy atom. The zero-order valence-electron chi connectivity index (χ0n) is 5.37. The monoisotopic (exact) mass is 374 g/mol. The van der Waals surface area contributed by atoms with Gasteiger partial charge in [-0.1, -0.05) is 0 Å². The molecule has 0 amide bonds. The van der Waals surface area contributed by atoms with Crippen LogP contribution in [0, 0.1) is 0 Å². The summed E-state index contributed by atoms with van der Waals surface area (Å²) in [7, 11) is -10.8. The van der Waals surface area contributed by atoms with Gasteiger partial charge in [0.25, 0.3) is 0 Å². The molecule has 0 aromatic heterocycles. The molecule has 64 valence electrons. The number of hydrogen-bond acceptors (Lipinski definition) is 8. The van der Waals surface area contributed by atoms with Crippen LogP contribution in [0.25, 0.3) is 0 Å². The maximum absolute atomic E-state index is 8.55. The maximum atomic E-state index is 8.55. The molecule has 0 bridgehead atoms. The SMILES string of the molecule is O=P([O-])([O-])[O-].O=P([O-])([O-])[O-].[Sn+4].[Zn+2]. The summed E-state index contributed by atoms with van der Waals surface area (Å²) in [5, 5.41) is 0. The molecule has 0 N–H and O–H groups in total. The molecule has 12 heteroatoms. The predicted octanol–water partition coefficient (Wildman–Crippen LogP) is -6.03. The second-order valence-electron chi connectivity index (χ2n) is 0.894. The van der Waals surface area contributed by atoms with Gasteiger partial charge >= 0.3 is 43.4 Å². The van der Waals surface area contributed by atoms with Crippen molar-refractivity contribution in [1.29, 1.82) is 0 Å². The Kier molecular flexibility index (Phi) is 18.0. The fraction of sp³-hybridized carbons (Fsp3) is 0. The van der Waals surface area contributed by atoms with E-state index in [0.717, 1.165) is 0 Å². The quantitative estimate of drug-likeness (QED) is 0.298. The molecule has 0 spiro atoms. The van der Waals surface area contributed by atoms with Crippen molar-refractivity contribution in [2.75, 3.05) is 0 Å². The third-order valence-electron chi connectivity index (χ3n) is 0. The Bertz CT molecular complexity index is 129. The summed E-state index contributed by atoms with van der Waals surface area (Å²) in [6, 6.07) is 0. The van der Waals surface area contributed by atoms with Crippen LogP contribution in [0.4, 0.5) is 0 Å². The van der Waals surface area contributed by atoms with Gasteiger partial charge < -0.3 is 38.5 Å². The fourth-order valence-electron chi connectivity index (χ4n) is 0. The van der Waals surface area contributed by atoms with Crippen LogP contribution < -0.4 is 29.4 Å². The van der Waals surface area contributed by atoms with Gasteiger partial charge in [0.15, 0.2) is 0 Å². The molecule has 0 aromatic rings. The molecule has 0 aromatic carbocycles. The van der Waals surface area contributed by atoms with Crippen LogP contribution in [-0.2, 0) is 28.6 Å². The summed E-state index contributed by atoms with van der Waals surface area (Å²) in [5.74, 6) is 0. The van der Waals surface area contributed by atoms with E-state index in [1.165, 1.54) is 0 Å². The summed E-state index contributed by atoms with van der Waals surface area (Å²) in [4.78, 5) is 51.3. The third-order valence-corrected chi connectivity index (χ3v) is 0. The Hall–Kier alpha value is 1.64. The predicted molar refractivity (Wildman–Crippen MR) is 21.0 cm³/mol. The van der Waals surface area contributed by atoms with Crippen molar-refractivity contribution in [3.05, 3.63) is 0 Å². The summed E-state index contributed by atoms with van der Waals surface area (Å²) >= 11 is 0.